The van der Waals surface area contributed by atoms with E-state index in [0.717, 1.165) is 15.2 Å². The molecule has 0 aliphatic rings. The third kappa shape index (κ3) is 2.06. The van der Waals surface area contributed by atoms with Crippen molar-refractivity contribution in [1.29, 1.82) is 0 Å². The lowest BCUT2D eigenvalue weighted by Gasteiger charge is -2.10. The molecule has 2 aromatic carbocycles. The second-order valence-electron chi connectivity index (χ2n) is 3.44. The second-order valence-corrected chi connectivity index (χ2v) is 4.70. The molecule has 0 bridgehead atoms. The van der Waals surface area contributed by atoms with Crippen LogP contribution >= 0.6 is 27.5 Å². The van der Waals surface area contributed by atoms with Gasteiger partial charge < -0.3 is 5.32 Å². The van der Waals surface area contributed by atoms with Crippen LogP contribution in [0.4, 0.5) is 5.69 Å². The summed E-state index contributed by atoms with van der Waals surface area (Å²) in [7, 11) is 0. The monoisotopic (exact) mass is 297 g/mol. The maximum Gasteiger partial charge on any atom is 0.221 e. The van der Waals surface area contributed by atoms with E-state index >= 15 is 0 Å². The molecule has 1 amide bonds. The van der Waals surface area contributed by atoms with Crippen molar-refractivity contribution in [3.05, 3.63) is 39.8 Å². The third-order valence-electron chi connectivity index (χ3n) is 2.25. The molecule has 0 saturated heterocycles. The van der Waals surface area contributed by atoms with E-state index in [2.05, 4.69) is 21.2 Å². The number of carbonyl (C=O) groups excluding carboxylic acids is 1. The number of hydrogen-bond acceptors (Lipinski definition) is 1. The van der Waals surface area contributed by atoms with Crippen LogP contribution in [0.5, 0.6) is 0 Å². The number of rotatable bonds is 1. The molecule has 0 heterocycles. The minimum Gasteiger partial charge on any atom is -0.325 e. The number of benzene rings is 2. The molecule has 0 unspecified atom stereocenters. The number of amides is 1. The van der Waals surface area contributed by atoms with Gasteiger partial charge in [0, 0.05) is 16.8 Å². The van der Waals surface area contributed by atoms with Crippen LogP contribution < -0.4 is 5.32 Å². The molecule has 0 fully saturated rings. The molecule has 1 N–H and O–H groups in total. The Kier molecular flexibility index (Phi) is 3.17. The number of carbonyl (C=O) groups is 1. The first-order valence-corrected chi connectivity index (χ1v) is 5.91. The third-order valence-corrected chi connectivity index (χ3v) is 3.20. The highest BCUT2D eigenvalue weighted by atomic mass is 79.9. The lowest BCUT2D eigenvalue weighted by atomic mass is 10.1. The first-order valence-electron chi connectivity index (χ1n) is 4.74. The number of halogens is 2. The summed E-state index contributed by atoms with van der Waals surface area (Å²) in [4.78, 5) is 11.1. The maximum atomic E-state index is 11.1. The molecule has 0 aliphatic heterocycles. The first-order chi connectivity index (χ1) is 7.59. The molecule has 0 saturated carbocycles. The second kappa shape index (κ2) is 4.44. The molecule has 4 heteroatoms. The summed E-state index contributed by atoms with van der Waals surface area (Å²) in [6.45, 7) is 1.47. The van der Waals surface area contributed by atoms with E-state index in [4.69, 9.17) is 11.6 Å². The highest BCUT2D eigenvalue weighted by Crippen LogP contribution is 2.36. The highest BCUT2D eigenvalue weighted by Gasteiger charge is 2.10. The molecule has 16 heavy (non-hydrogen) atoms. The fourth-order valence-electron chi connectivity index (χ4n) is 1.60. The van der Waals surface area contributed by atoms with Gasteiger partial charge in [-0.15, -0.1) is 0 Å². The molecule has 0 atom stereocenters. The van der Waals surface area contributed by atoms with Crippen LogP contribution in [-0.4, -0.2) is 5.91 Å². The molecule has 2 aromatic rings. The van der Waals surface area contributed by atoms with Crippen molar-refractivity contribution in [3.8, 4) is 0 Å². The summed E-state index contributed by atoms with van der Waals surface area (Å²) >= 11 is 9.56. The van der Waals surface area contributed by atoms with E-state index in [0.29, 0.717) is 10.7 Å². The maximum absolute atomic E-state index is 11.1. The van der Waals surface area contributed by atoms with Crippen LogP contribution in [0.15, 0.2) is 34.8 Å². The normalized spacial score (nSPS) is 10.4. The largest absolute Gasteiger partial charge is 0.325 e. The predicted molar refractivity (Wildman–Crippen MR) is 71.0 cm³/mol. The fraction of sp³-hybridized carbons (Fsp3) is 0.0833. The zero-order chi connectivity index (χ0) is 11.7. The van der Waals surface area contributed by atoms with Crippen LogP contribution in [0.25, 0.3) is 10.8 Å². The van der Waals surface area contributed by atoms with Gasteiger partial charge in [-0.1, -0.05) is 51.8 Å². The number of hydrogen-bond donors (Lipinski definition) is 1. The smallest absolute Gasteiger partial charge is 0.221 e. The Bertz CT molecular complexity index is 568. The molecule has 0 aliphatic carbocycles. The average molecular weight is 299 g/mol. The first kappa shape index (κ1) is 11.4. The summed E-state index contributed by atoms with van der Waals surface area (Å²) in [6.07, 6.45) is 0. The van der Waals surface area contributed by atoms with Crippen molar-refractivity contribution < 1.29 is 4.79 Å². The summed E-state index contributed by atoms with van der Waals surface area (Å²) in [6, 6.07) is 9.54. The number of nitrogens with one attached hydrogen (secondary N) is 1. The van der Waals surface area contributed by atoms with E-state index in [-0.39, 0.29) is 5.91 Å². The van der Waals surface area contributed by atoms with Gasteiger partial charge in [0.25, 0.3) is 0 Å². The quantitative estimate of drug-likeness (QED) is 0.839. The lowest BCUT2D eigenvalue weighted by Crippen LogP contribution is -2.06. The summed E-state index contributed by atoms with van der Waals surface area (Å²) in [5.41, 5.74) is 0.660. The van der Waals surface area contributed by atoms with Gasteiger partial charge in [-0.2, -0.15) is 0 Å². The molecule has 82 valence electrons. The van der Waals surface area contributed by atoms with Crippen molar-refractivity contribution in [2.75, 3.05) is 5.32 Å². The van der Waals surface area contributed by atoms with Gasteiger partial charge in [0.1, 0.15) is 0 Å². The Labute approximate surface area is 107 Å². The highest BCUT2D eigenvalue weighted by molar-refractivity contribution is 9.10. The molecule has 0 aromatic heterocycles. The summed E-state index contributed by atoms with van der Waals surface area (Å²) in [5, 5.41) is 5.23. The average Bonchev–Trinajstić information content (AvgIpc) is 2.24. The van der Waals surface area contributed by atoms with E-state index in [1.165, 1.54) is 6.92 Å². The Morgan fingerprint density at radius 1 is 1.31 bits per heavy atom. The van der Waals surface area contributed by atoms with Crippen molar-refractivity contribution in [2.45, 2.75) is 6.92 Å². The van der Waals surface area contributed by atoms with Crippen LogP contribution in [0.3, 0.4) is 0 Å². The minimum atomic E-state index is -0.130. The van der Waals surface area contributed by atoms with Gasteiger partial charge in [-0.25, -0.2) is 0 Å². The van der Waals surface area contributed by atoms with Crippen molar-refractivity contribution >= 4 is 49.9 Å². The van der Waals surface area contributed by atoms with E-state index in [1.807, 2.05) is 24.3 Å². The molecular formula is C12H9BrClNO. The minimum absolute atomic E-state index is 0.130. The SMILES string of the molecule is CC(=O)Nc1c(Cl)cc(Br)c2ccccc12. The predicted octanol–water partition coefficient (Wildman–Crippen LogP) is 4.21. The van der Waals surface area contributed by atoms with Crippen molar-refractivity contribution in [2.24, 2.45) is 0 Å². The van der Waals surface area contributed by atoms with Crippen LogP contribution in [0.2, 0.25) is 5.02 Å². The molecular weight excluding hydrogens is 289 g/mol. The van der Waals surface area contributed by atoms with Gasteiger partial charge >= 0.3 is 0 Å². The van der Waals surface area contributed by atoms with E-state index in [9.17, 15) is 4.79 Å². The van der Waals surface area contributed by atoms with Gasteiger partial charge in [0.05, 0.1) is 10.7 Å². The zero-order valence-corrected chi connectivity index (χ0v) is 10.9. The van der Waals surface area contributed by atoms with Gasteiger partial charge in [-0.3, -0.25) is 4.79 Å². The van der Waals surface area contributed by atoms with Crippen LogP contribution in [0, 0.1) is 0 Å². The molecule has 0 radical (unpaired) electrons. The summed E-state index contributed by atoms with van der Waals surface area (Å²) < 4.78 is 0.919. The standard InChI is InChI=1S/C12H9BrClNO/c1-7(16)15-12-9-5-3-2-4-8(9)10(13)6-11(12)14/h2-6H,1H3,(H,15,16). The number of anilines is 1. The Hall–Kier alpha value is -1.06. The molecule has 2 nitrogen and oxygen atoms in total. The van der Waals surface area contributed by atoms with E-state index < -0.39 is 0 Å². The Morgan fingerprint density at radius 2 is 1.94 bits per heavy atom. The van der Waals surface area contributed by atoms with Gasteiger partial charge in [0.15, 0.2) is 0 Å². The molecule has 0 spiro atoms. The number of fused-ring (bicyclic) bond motifs is 1. The van der Waals surface area contributed by atoms with Crippen LogP contribution in [0.1, 0.15) is 6.92 Å². The van der Waals surface area contributed by atoms with Crippen molar-refractivity contribution in [1.82, 2.24) is 0 Å². The van der Waals surface area contributed by atoms with E-state index in [1.54, 1.807) is 6.07 Å². The lowest BCUT2D eigenvalue weighted by molar-refractivity contribution is -0.114. The Morgan fingerprint density at radius 3 is 2.56 bits per heavy atom. The van der Waals surface area contributed by atoms with Gasteiger partial charge in [0.2, 0.25) is 5.91 Å². The molecule has 2 rings (SSSR count). The van der Waals surface area contributed by atoms with Crippen LogP contribution in [-0.2, 0) is 4.79 Å². The zero-order valence-electron chi connectivity index (χ0n) is 8.55. The van der Waals surface area contributed by atoms with Gasteiger partial charge in [-0.05, 0) is 11.5 Å². The summed E-state index contributed by atoms with van der Waals surface area (Å²) in [5.74, 6) is -0.130. The Balaban J connectivity index is 2.76. The fourth-order valence-corrected chi connectivity index (χ4v) is 2.57. The topological polar surface area (TPSA) is 29.1 Å². The van der Waals surface area contributed by atoms with Crippen molar-refractivity contribution in [3.63, 3.8) is 0 Å².